The molecular weight excluding hydrogens is 518 g/mol. The quantitative estimate of drug-likeness (QED) is 0.202. The molecule has 0 saturated heterocycles. The van der Waals surface area contributed by atoms with E-state index in [1.54, 1.807) is 18.2 Å². The first-order chi connectivity index (χ1) is 19.6. The zero-order valence-corrected chi connectivity index (χ0v) is 23.7. The number of nitrogens with zero attached hydrogens (tertiary/aromatic N) is 1. The largest absolute Gasteiger partial charge is 0.508 e. The highest BCUT2D eigenvalue weighted by atomic mass is 16.3. The number of aromatic hydroxyl groups is 1. The van der Waals surface area contributed by atoms with E-state index in [1.807, 2.05) is 74.5 Å². The van der Waals surface area contributed by atoms with Gasteiger partial charge in [-0.25, -0.2) is 4.79 Å². The standard InChI is InChI=1S/C33H41N3O5/c1-22-18-26(37)19-23(2)27(22)21-29(34)31(39)15-9-14-30(38)28(20-25-12-7-4-8-13-25)32(40)36(33(35)41)17-16-24-10-5-3-6-11-24/h3-14,18-19,28-31,37-39H,15-17,20-21,34H2,1-2H3,(H2,35,41)/b14-9+. The minimum atomic E-state index is -1.23. The van der Waals surface area contributed by atoms with Crippen molar-refractivity contribution in [1.82, 2.24) is 4.90 Å². The number of nitrogens with two attached hydrogens (primary N) is 2. The van der Waals surface area contributed by atoms with Gasteiger partial charge in [0.15, 0.2) is 0 Å². The van der Waals surface area contributed by atoms with E-state index in [2.05, 4.69) is 0 Å². The molecule has 0 radical (unpaired) electrons. The predicted molar refractivity (Wildman–Crippen MR) is 160 cm³/mol. The highest BCUT2D eigenvalue weighted by Crippen LogP contribution is 2.23. The number of urea groups is 1. The number of primary amides is 1. The molecule has 3 amide bonds. The number of amides is 3. The molecule has 4 atom stereocenters. The lowest BCUT2D eigenvalue weighted by Gasteiger charge is -2.27. The van der Waals surface area contributed by atoms with Crippen molar-refractivity contribution in [3.8, 4) is 5.75 Å². The van der Waals surface area contributed by atoms with Crippen LogP contribution in [0.4, 0.5) is 4.79 Å². The number of phenolic OH excluding ortho intramolecular Hbond substituents is 1. The summed E-state index contributed by atoms with van der Waals surface area (Å²) in [5.41, 5.74) is 16.4. The van der Waals surface area contributed by atoms with Crippen LogP contribution in [0, 0.1) is 19.8 Å². The Labute approximate surface area is 241 Å². The van der Waals surface area contributed by atoms with Gasteiger partial charge in [0.1, 0.15) is 5.75 Å². The number of hydrogen-bond acceptors (Lipinski definition) is 6. The summed E-state index contributed by atoms with van der Waals surface area (Å²) >= 11 is 0. The first kappa shape index (κ1) is 31.5. The Morgan fingerprint density at radius 2 is 1.46 bits per heavy atom. The van der Waals surface area contributed by atoms with Crippen LogP contribution in [-0.4, -0.2) is 57.0 Å². The maximum Gasteiger partial charge on any atom is 0.321 e. The Morgan fingerprint density at radius 3 is 2.02 bits per heavy atom. The van der Waals surface area contributed by atoms with Gasteiger partial charge in [-0.2, -0.15) is 0 Å². The number of phenols is 1. The molecule has 0 fully saturated rings. The number of aliphatic hydroxyl groups is 2. The number of aryl methyl sites for hydroxylation is 2. The number of aliphatic hydroxyl groups excluding tert-OH is 2. The summed E-state index contributed by atoms with van der Waals surface area (Å²) in [4.78, 5) is 26.9. The molecule has 3 rings (SSSR count). The summed E-state index contributed by atoms with van der Waals surface area (Å²) in [5.74, 6) is -1.35. The molecular formula is C33H41N3O5. The minimum absolute atomic E-state index is 0.0869. The molecule has 0 spiro atoms. The highest BCUT2D eigenvalue weighted by molar-refractivity contribution is 5.95. The molecule has 0 heterocycles. The SMILES string of the molecule is Cc1cc(O)cc(C)c1CC(N)C(O)C/C=C/C(O)C(Cc1ccccc1)C(=O)N(CCc1ccccc1)C(N)=O. The minimum Gasteiger partial charge on any atom is -0.508 e. The summed E-state index contributed by atoms with van der Waals surface area (Å²) in [6.45, 7) is 3.86. The topological polar surface area (TPSA) is 150 Å². The van der Waals surface area contributed by atoms with Crippen molar-refractivity contribution >= 4 is 11.9 Å². The second-order valence-electron chi connectivity index (χ2n) is 10.5. The fourth-order valence-electron chi connectivity index (χ4n) is 4.97. The Bertz CT molecular complexity index is 1290. The van der Waals surface area contributed by atoms with Crippen molar-refractivity contribution in [1.29, 1.82) is 0 Å². The van der Waals surface area contributed by atoms with Crippen molar-refractivity contribution in [3.63, 3.8) is 0 Å². The Morgan fingerprint density at radius 1 is 0.902 bits per heavy atom. The van der Waals surface area contributed by atoms with Crippen LogP contribution in [0.25, 0.3) is 0 Å². The Balaban J connectivity index is 1.71. The van der Waals surface area contributed by atoms with E-state index in [9.17, 15) is 24.9 Å². The zero-order chi connectivity index (χ0) is 29.9. The van der Waals surface area contributed by atoms with Crippen molar-refractivity contribution in [3.05, 3.63) is 113 Å². The number of rotatable bonds is 13. The monoisotopic (exact) mass is 559 g/mol. The third kappa shape index (κ3) is 9.28. The first-order valence-corrected chi connectivity index (χ1v) is 13.8. The van der Waals surface area contributed by atoms with Crippen LogP contribution < -0.4 is 11.5 Å². The van der Waals surface area contributed by atoms with E-state index < -0.39 is 36.1 Å². The van der Waals surface area contributed by atoms with Crippen LogP contribution in [0.5, 0.6) is 5.75 Å². The second-order valence-corrected chi connectivity index (χ2v) is 10.5. The zero-order valence-electron chi connectivity index (χ0n) is 23.7. The summed E-state index contributed by atoms with van der Waals surface area (Å²) in [7, 11) is 0. The molecule has 218 valence electrons. The Hall–Kier alpha value is -3.98. The molecule has 7 N–H and O–H groups in total. The third-order valence-corrected chi connectivity index (χ3v) is 7.35. The summed E-state index contributed by atoms with van der Waals surface area (Å²) < 4.78 is 0. The smallest absolute Gasteiger partial charge is 0.321 e. The number of carbonyl (C=O) groups excluding carboxylic acids is 2. The molecule has 41 heavy (non-hydrogen) atoms. The van der Waals surface area contributed by atoms with Crippen LogP contribution in [0.2, 0.25) is 0 Å². The third-order valence-electron chi connectivity index (χ3n) is 7.35. The van der Waals surface area contributed by atoms with Crippen LogP contribution in [0.15, 0.2) is 84.9 Å². The number of hydrogen-bond donors (Lipinski definition) is 5. The second kappa shape index (κ2) is 15.1. The van der Waals surface area contributed by atoms with Crippen molar-refractivity contribution in [2.75, 3.05) is 6.54 Å². The van der Waals surface area contributed by atoms with E-state index >= 15 is 0 Å². The molecule has 0 bridgehead atoms. The average Bonchev–Trinajstić information content (AvgIpc) is 2.94. The fourth-order valence-corrected chi connectivity index (χ4v) is 4.97. The molecule has 0 aliphatic carbocycles. The molecule has 0 aliphatic heterocycles. The fraction of sp³-hybridized carbons (Fsp3) is 0.333. The van der Waals surface area contributed by atoms with Crippen molar-refractivity contribution < 1.29 is 24.9 Å². The number of benzene rings is 3. The van der Waals surface area contributed by atoms with Crippen molar-refractivity contribution in [2.24, 2.45) is 17.4 Å². The molecule has 3 aromatic rings. The maximum absolute atomic E-state index is 13.6. The van der Waals surface area contributed by atoms with Crippen molar-refractivity contribution in [2.45, 2.75) is 57.8 Å². The lowest BCUT2D eigenvalue weighted by atomic mass is 9.91. The molecule has 8 nitrogen and oxygen atoms in total. The van der Waals surface area contributed by atoms with Gasteiger partial charge >= 0.3 is 6.03 Å². The Kier molecular flexibility index (Phi) is 11.6. The highest BCUT2D eigenvalue weighted by Gasteiger charge is 2.32. The van der Waals surface area contributed by atoms with Gasteiger partial charge in [-0.1, -0.05) is 72.8 Å². The van der Waals surface area contributed by atoms with Gasteiger partial charge in [0, 0.05) is 12.6 Å². The molecule has 8 heteroatoms. The summed E-state index contributed by atoms with van der Waals surface area (Å²) in [6, 6.07) is 20.6. The van der Waals surface area contributed by atoms with Gasteiger partial charge in [0.05, 0.1) is 18.1 Å². The summed E-state index contributed by atoms with van der Waals surface area (Å²) in [6.07, 6.45) is 2.15. The normalized spacial score (nSPS) is 14.4. The van der Waals surface area contributed by atoms with E-state index in [4.69, 9.17) is 11.5 Å². The van der Waals surface area contributed by atoms with Gasteiger partial charge in [-0.15, -0.1) is 0 Å². The van der Waals surface area contributed by atoms with Gasteiger partial charge in [-0.3, -0.25) is 9.69 Å². The molecule has 3 aromatic carbocycles. The van der Waals surface area contributed by atoms with Gasteiger partial charge in [0.25, 0.3) is 0 Å². The average molecular weight is 560 g/mol. The van der Waals surface area contributed by atoms with Crippen LogP contribution in [0.3, 0.4) is 0 Å². The van der Waals surface area contributed by atoms with Gasteiger partial charge in [-0.05, 0) is 79.5 Å². The van der Waals surface area contributed by atoms with E-state index in [0.29, 0.717) is 12.8 Å². The predicted octanol–water partition coefficient (Wildman–Crippen LogP) is 3.56. The number of imide groups is 1. The number of carbonyl (C=O) groups is 2. The van der Waals surface area contributed by atoms with E-state index in [-0.39, 0.29) is 25.1 Å². The van der Waals surface area contributed by atoms with Crippen LogP contribution in [-0.2, 0) is 24.1 Å². The molecule has 0 saturated carbocycles. The van der Waals surface area contributed by atoms with Crippen LogP contribution in [0.1, 0.15) is 34.2 Å². The van der Waals surface area contributed by atoms with E-state index in [1.165, 1.54) is 6.08 Å². The lowest BCUT2D eigenvalue weighted by molar-refractivity contribution is -0.135. The molecule has 0 aliphatic rings. The molecule has 4 unspecified atom stereocenters. The first-order valence-electron chi connectivity index (χ1n) is 13.8. The van der Waals surface area contributed by atoms with Crippen LogP contribution >= 0.6 is 0 Å². The maximum atomic E-state index is 13.6. The van der Waals surface area contributed by atoms with E-state index in [0.717, 1.165) is 32.7 Å². The lowest BCUT2D eigenvalue weighted by Crippen LogP contribution is -2.48. The van der Waals surface area contributed by atoms with Gasteiger partial charge in [0.2, 0.25) is 5.91 Å². The van der Waals surface area contributed by atoms with Gasteiger partial charge < -0.3 is 26.8 Å². The molecule has 0 aromatic heterocycles. The summed E-state index contributed by atoms with van der Waals surface area (Å²) in [5, 5.41) is 31.6.